The molecule has 1 unspecified atom stereocenters. The molecular weight excluding hydrogens is 246 g/mol. The van der Waals surface area contributed by atoms with Gasteiger partial charge in [-0.05, 0) is 37.6 Å². The van der Waals surface area contributed by atoms with E-state index in [1.165, 1.54) is 0 Å². The lowest BCUT2D eigenvalue weighted by Gasteiger charge is -2.23. The van der Waals surface area contributed by atoms with E-state index >= 15 is 0 Å². The van der Waals surface area contributed by atoms with Gasteiger partial charge in [-0.3, -0.25) is 0 Å². The van der Waals surface area contributed by atoms with E-state index < -0.39 is 5.60 Å². The van der Waals surface area contributed by atoms with Gasteiger partial charge in [-0.2, -0.15) is 0 Å². The molecule has 1 aliphatic heterocycles. The molecule has 0 bridgehead atoms. The zero-order valence-corrected chi connectivity index (χ0v) is 11.3. The first-order valence-electron chi connectivity index (χ1n) is 6.31. The second-order valence-corrected chi connectivity index (χ2v) is 6.07. The van der Waals surface area contributed by atoms with Crippen molar-refractivity contribution in [1.29, 1.82) is 0 Å². The van der Waals surface area contributed by atoms with Gasteiger partial charge in [-0.1, -0.05) is 0 Å². The average molecular weight is 263 g/mol. The maximum atomic E-state index is 10.1. The summed E-state index contributed by atoms with van der Waals surface area (Å²) in [6.07, 6.45) is 4.30. The van der Waals surface area contributed by atoms with Gasteiger partial charge in [-0.15, -0.1) is 11.3 Å². The summed E-state index contributed by atoms with van der Waals surface area (Å²) in [5.74, 6) is 1.01. The second-order valence-electron chi connectivity index (χ2n) is 5.17. The van der Waals surface area contributed by atoms with Gasteiger partial charge in [0.25, 0.3) is 0 Å². The fraction of sp³-hybridized carbons (Fsp3) is 0.538. The minimum Gasteiger partial charge on any atom is -0.390 e. The summed E-state index contributed by atoms with van der Waals surface area (Å²) in [6.45, 7) is 3.74. The van der Waals surface area contributed by atoms with Crippen molar-refractivity contribution in [2.75, 3.05) is 18.0 Å². The van der Waals surface area contributed by atoms with Crippen molar-refractivity contribution in [3.05, 3.63) is 17.8 Å². The number of aromatic nitrogens is 2. The molecule has 0 saturated carbocycles. The van der Waals surface area contributed by atoms with Crippen LogP contribution in [0, 0.1) is 0 Å². The van der Waals surface area contributed by atoms with Gasteiger partial charge in [0.1, 0.15) is 17.0 Å². The topological polar surface area (TPSA) is 49.2 Å². The number of aliphatic hydroxyl groups is 1. The normalized spacial score (nSPS) is 25.3. The third kappa shape index (κ3) is 2.20. The van der Waals surface area contributed by atoms with Crippen molar-refractivity contribution in [3.63, 3.8) is 0 Å². The van der Waals surface area contributed by atoms with E-state index in [0.29, 0.717) is 0 Å². The summed E-state index contributed by atoms with van der Waals surface area (Å²) >= 11 is 1.64. The van der Waals surface area contributed by atoms with Crippen molar-refractivity contribution in [2.45, 2.75) is 31.8 Å². The number of nitrogens with zero attached hydrogens (tertiary/aromatic N) is 3. The monoisotopic (exact) mass is 263 g/mol. The van der Waals surface area contributed by atoms with Crippen LogP contribution < -0.4 is 4.90 Å². The van der Waals surface area contributed by atoms with Gasteiger partial charge in [0.05, 0.1) is 11.0 Å². The summed E-state index contributed by atoms with van der Waals surface area (Å²) in [6, 6.07) is 2.08. The molecule has 0 aromatic carbocycles. The Labute approximate surface area is 110 Å². The molecule has 1 fully saturated rings. The number of rotatable bonds is 1. The number of anilines is 1. The van der Waals surface area contributed by atoms with Crippen LogP contribution >= 0.6 is 11.3 Å². The molecule has 0 spiro atoms. The van der Waals surface area contributed by atoms with Gasteiger partial charge >= 0.3 is 0 Å². The Kier molecular flexibility index (Phi) is 2.95. The highest BCUT2D eigenvalue weighted by molar-refractivity contribution is 7.16. The van der Waals surface area contributed by atoms with E-state index in [9.17, 15) is 5.11 Å². The maximum absolute atomic E-state index is 10.1. The minimum absolute atomic E-state index is 0.532. The van der Waals surface area contributed by atoms with Crippen molar-refractivity contribution in [1.82, 2.24) is 9.97 Å². The largest absolute Gasteiger partial charge is 0.390 e. The van der Waals surface area contributed by atoms with E-state index in [-0.39, 0.29) is 0 Å². The Bertz CT molecular complexity index is 552. The summed E-state index contributed by atoms with van der Waals surface area (Å²) in [4.78, 5) is 12.0. The average Bonchev–Trinajstić information content (AvgIpc) is 2.74. The van der Waals surface area contributed by atoms with Gasteiger partial charge in [-0.25, -0.2) is 9.97 Å². The Morgan fingerprint density at radius 1 is 1.33 bits per heavy atom. The molecule has 0 aliphatic carbocycles. The molecule has 0 radical (unpaired) electrons. The van der Waals surface area contributed by atoms with Crippen LogP contribution in [-0.2, 0) is 0 Å². The summed E-state index contributed by atoms with van der Waals surface area (Å²) in [5.41, 5.74) is -0.532. The van der Waals surface area contributed by atoms with Gasteiger partial charge in [0, 0.05) is 13.1 Å². The van der Waals surface area contributed by atoms with Gasteiger partial charge in [0.15, 0.2) is 0 Å². The van der Waals surface area contributed by atoms with Gasteiger partial charge < -0.3 is 10.0 Å². The van der Waals surface area contributed by atoms with Crippen molar-refractivity contribution >= 4 is 27.4 Å². The highest BCUT2D eigenvalue weighted by Crippen LogP contribution is 2.30. The van der Waals surface area contributed by atoms with Crippen molar-refractivity contribution in [3.8, 4) is 0 Å². The summed E-state index contributed by atoms with van der Waals surface area (Å²) in [5, 5.41) is 13.3. The predicted octanol–water partition coefficient (Wildman–Crippen LogP) is 2.43. The van der Waals surface area contributed by atoms with E-state index in [4.69, 9.17) is 0 Å². The predicted molar refractivity (Wildman–Crippen MR) is 74.1 cm³/mol. The van der Waals surface area contributed by atoms with E-state index in [1.54, 1.807) is 17.7 Å². The smallest absolute Gasteiger partial charge is 0.140 e. The molecule has 96 valence electrons. The van der Waals surface area contributed by atoms with Crippen LogP contribution in [0.3, 0.4) is 0 Å². The SMILES string of the molecule is CC1(O)CCCN(c2ncnc3sccc23)CC1. The molecule has 1 saturated heterocycles. The Balaban J connectivity index is 1.92. The minimum atomic E-state index is -0.532. The fourth-order valence-corrected chi connectivity index (χ4v) is 3.23. The first kappa shape index (κ1) is 11.9. The lowest BCUT2D eigenvalue weighted by molar-refractivity contribution is 0.0481. The molecule has 3 heterocycles. The van der Waals surface area contributed by atoms with E-state index in [0.717, 1.165) is 48.4 Å². The Hall–Kier alpha value is -1.20. The molecule has 1 atom stereocenters. The lowest BCUT2D eigenvalue weighted by atomic mass is 9.98. The third-order valence-corrected chi connectivity index (χ3v) is 4.42. The quantitative estimate of drug-likeness (QED) is 0.858. The first-order chi connectivity index (χ1) is 8.66. The van der Waals surface area contributed by atoms with E-state index in [1.807, 2.05) is 6.92 Å². The standard InChI is InChI=1S/C13H17N3OS/c1-13(17)4-2-6-16(7-5-13)11-10-3-8-18-12(10)15-9-14-11/h3,8-9,17H,2,4-7H2,1H3. The van der Waals surface area contributed by atoms with Crippen LogP contribution in [0.25, 0.3) is 10.2 Å². The van der Waals surface area contributed by atoms with Crippen molar-refractivity contribution in [2.24, 2.45) is 0 Å². The molecule has 2 aromatic rings. The fourth-order valence-electron chi connectivity index (χ4n) is 2.50. The molecule has 4 nitrogen and oxygen atoms in total. The van der Waals surface area contributed by atoms with Crippen LogP contribution in [0.5, 0.6) is 0 Å². The zero-order valence-electron chi connectivity index (χ0n) is 10.5. The number of hydrogen-bond acceptors (Lipinski definition) is 5. The highest BCUT2D eigenvalue weighted by Gasteiger charge is 2.26. The van der Waals surface area contributed by atoms with Crippen molar-refractivity contribution < 1.29 is 5.11 Å². The molecule has 1 aliphatic rings. The highest BCUT2D eigenvalue weighted by atomic mass is 32.1. The number of fused-ring (bicyclic) bond motifs is 1. The Morgan fingerprint density at radius 3 is 3.11 bits per heavy atom. The molecule has 1 N–H and O–H groups in total. The molecule has 3 rings (SSSR count). The lowest BCUT2D eigenvalue weighted by Crippen LogP contribution is -2.28. The van der Waals surface area contributed by atoms with Crippen LogP contribution in [0.15, 0.2) is 17.8 Å². The van der Waals surface area contributed by atoms with Crippen LogP contribution in [-0.4, -0.2) is 33.8 Å². The third-order valence-electron chi connectivity index (χ3n) is 3.60. The Morgan fingerprint density at radius 2 is 2.22 bits per heavy atom. The molecular formula is C13H17N3OS. The molecule has 5 heteroatoms. The van der Waals surface area contributed by atoms with E-state index in [2.05, 4.69) is 26.3 Å². The van der Waals surface area contributed by atoms with Crippen LogP contribution in [0.1, 0.15) is 26.2 Å². The van der Waals surface area contributed by atoms with Crippen LogP contribution in [0.4, 0.5) is 5.82 Å². The molecule has 0 amide bonds. The number of thiophene rings is 1. The van der Waals surface area contributed by atoms with Crippen LogP contribution in [0.2, 0.25) is 0 Å². The zero-order chi connectivity index (χ0) is 12.6. The second kappa shape index (κ2) is 4.48. The number of hydrogen-bond donors (Lipinski definition) is 1. The molecule has 18 heavy (non-hydrogen) atoms. The molecule has 2 aromatic heterocycles. The maximum Gasteiger partial charge on any atom is 0.140 e. The summed E-state index contributed by atoms with van der Waals surface area (Å²) < 4.78 is 0. The summed E-state index contributed by atoms with van der Waals surface area (Å²) in [7, 11) is 0. The van der Waals surface area contributed by atoms with Gasteiger partial charge in [0.2, 0.25) is 0 Å². The first-order valence-corrected chi connectivity index (χ1v) is 7.19.